The van der Waals surface area contributed by atoms with E-state index in [0.29, 0.717) is 31.8 Å². The summed E-state index contributed by atoms with van der Waals surface area (Å²) in [5.41, 5.74) is -2.13. The SMILES string of the molecule is O=C1CN(N2CCN(CCCCOc3ccccc3)CC2)Sc2c1cc(C(F)(F)F)cc2[N+](=O)[O-]. The normalized spacial score (nSPS) is 17.9. The second-order valence-corrected chi connectivity index (χ2v) is 9.33. The Labute approximate surface area is 204 Å². The van der Waals surface area contributed by atoms with Crippen LogP contribution in [-0.2, 0) is 6.18 Å². The van der Waals surface area contributed by atoms with Crippen molar-refractivity contribution in [1.29, 1.82) is 0 Å². The number of rotatable bonds is 8. The van der Waals surface area contributed by atoms with E-state index in [4.69, 9.17) is 4.74 Å². The molecule has 0 aliphatic carbocycles. The maximum absolute atomic E-state index is 13.2. The van der Waals surface area contributed by atoms with E-state index < -0.39 is 28.1 Å². The van der Waals surface area contributed by atoms with Crippen molar-refractivity contribution in [3.8, 4) is 5.75 Å². The number of Topliss-reactive ketones (excluding diaryl/α,β-unsaturated/α-hetero) is 1. The number of ether oxygens (including phenoxy) is 1. The number of alkyl halides is 3. The van der Waals surface area contributed by atoms with Crippen molar-refractivity contribution in [1.82, 2.24) is 14.3 Å². The molecule has 0 unspecified atom stereocenters. The smallest absolute Gasteiger partial charge is 0.416 e. The zero-order valence-electron chi connectivity index (χ0n) is 18.9. The molecule has 0 atom stereocenters. The molecule has 2 aliphatic heterocycles. The summed E-state index contributed by atoms with van der Waals surface area (Å²) in [5, 5.41) is 13.4. The van der Waals surface area contributed by atoms with Gasteiger partial charge in [-0.1, -0.05) is 18.2 Å². The first-order chi connectivity index (χ1) is 16.7. The largest absolute Gasteiger partial charge is 0.494 e. The van der Waals surface area contributed by atoms with E-state index in [0.717, 1.165) is 50.2 Å². The average molecular weight is 511 g/mol. The van der Waals surface area contributed by atoms with Crippen LogP contribution >= 0.6 is 11.9 Å². The number of benzene rings is 2. The molecule has 0 amide bonds. The maximum atomic E-state index is 13.2. The van der Waals surface area contributed by atoms with Gasteiger partial charge in [0.25, 0.3) is 5.69 Å². The van der Waals surface area contributed by atoms with Gasteiger partial charge in [0.1, 0.15) is 10.6 Å². The summed E-state index contributed by atoms with van der Waals surface area (Å²) in [5.74, 6) is 0.292. The van der Waals surface area contributed by atoms with Crippen LogP contribution in [0.25, 0.3) is 0 Å². The van der Waals surface area contributed by atoms with Crippen molar-refractivity contribution in [2.45, 2.75) is 23.9 Å². The average Bonchev–Trinajstić information content (AvgIpc) is 2.83. The number of ketones is 1. The molecular formula is C23H25F3N4O4S. The first-order valence-electron chi connectivity index (χ1n) is 11.3. The van der Waals surface area contributed by atoms with Gasteiger partial charge in [-0.3, -0.25) is 14.9 Å². The highest BCUT2D eigenvalue weighted by Crippen LogP contribution is 2.43. The number of hydrogen-bond donors (Lipinski definition) is 0. The number of carbonyl (C=O) groups excluding carboxylic acids is 1. The number of nitro benzene ring substituents is 1. The lowest BCUT2D eigenvalue weighted by Crippen LogP contribution is -2.53. The molecule has 2 aromatic carbocycles. The monoisotopic (exact) mass is 510 g/mol. The van der Waals surface area contributed by atoms with E-state index in [9.17, 15) is 28.1 Å². The van der Waals surface area contributed by atoms with Gasteiger partial charge in [0.05, 0.1) is 23.6 Å². The first-order valence-corrected chi connectivity index (χ1v) is 12.0. The van der Waals surface area contributed by atoms with Gasteiger partial charge in [0.15, 0.2) is 5.78 Å². The van der Waals surface area contributed by atoms with Gasteiger partial charge < -0.3 is 9.64 Å². The lowest BCUT2D eigenvalue weighted by atomic mass is 10.0. The lowest BCUT2D eigenvalue weighted by molar-refractivity contribution is -0.388. The van der Waals surface area contributed by atoms with E-state index in [1.807, 2.05) is 35.3 Å². The highest BCUT2D eigenvalue weighted by Gasteiger charge is 2.39. The summed E-state index contributed by atoms with van der Waals surface area (Å²) in [7, 11) is 0. The highest BCUT2D eigenvalue weighted by molar-refractivity contribution is 7.97. The third kappa shape index (κ3) is 6.31. The Morgan fingerprint density at radius 2 is 1.77 bits per heavy atom. The lowest BCUT2D eigenvalue weighted by Gasteiger charge is -2.41. The molecule has 188 valence electrons. The standard InChI is InChI=1S/C23H25F3N4O4S/c24-23(25,26)17-14-19-21(31)16-29(35-22(19)20(15-17)30(32)33)28-11-9-27(10-12-28)8-4-5-13-34-18-6-2-1-3-7-18/h1-3,6-7,14-15H,4-5,8-13,16H2. The molecule has 35 heavy (non-hydrogen) atoms. The van der Waals surface area contributed by atoms with Crippen molar-refractivity contribution in [2.24, 2.45) is 0 Å². The number of nitrogens with zero attached hydrogens (tertiary/aromatic N) is 4. The Bertz CT molecular complexity index is 1050. The molecule has 0 radical (unpaired) electrons. The second kappa shape index (κ2) is 10.9. The number of halogens is 3. The molecule has 0 aromatic heterocycles. The fourth-order valence-electron chi connectivity index (χ4n) is 4.05. The summed E-state index contributed by atoms with van der Waals surface area (Å²) >= 11 is 0.960. The number of piperazine rings is 1. The van der Waals surface area contributed by atoms with E-state index >= 15 is 0 Å². The van der Waals surface area contributed by atoms with Gasteiger partial charge in [0, 0.05) is 37.8 Å². The minimum atomic E-state index is -4.77. The Hall–Kier alpha value is -2.67. The van der Waals surface area contributed by atoms with Crippen LogP contribution in [0, 0.1) is 10.1 Å². The fourth-order valence-corrected chi connectivity index (χ4v) is 5.22. The highest BCUT2D eigenvalue weighted by atomic mass is 32.2. The van der Waals surface area contributed by atoms with Crippen LogP contribution in [0.5, 0.6) is 5.75 Å². The Morgan fingerprint density at radius 1 is 1.06 bits per heavy atom. The zero-order valence-corrected chi connectivity index (χ0v) is 19.7. The maximum Gasteiger partial charge on any atom is 0.416 e. The molecule has 0 spiro atoms. The van der Waals surface area contributed by atoms with Crippen molar-refractivity contribution >= 4 is 23.4 Å². The Kier molecular flexibility index (Phi) is 7.95. The van der Waals surface area contributed by atoms with Crippen LogP contribution < -0.4 is 4.74 Å². The molecule has 2 heterocycles. The minimum absolute atomic E-state index is 0.0416. The quantitative estimate of drug-likeness (QED) is 0.222. The summed E-state index contributed by atoms with van der Waals surface area (Å²) in [6, 6.07) is 10.9. The molecule has 1 saturated heterocycles. The van der Waals surface area contributed by atoms with Crippen LogP contribution in [0.4, 0.5) is 18.9 Å². The van der Waals surface area contributed by atoms with Gasteiger partial charge >= 0.3 is 6.18 Å². The van der Waals surface area contributed by atoms with Gasteiger partial charge in [-0.15, -0.1) is 0 Å². The van der Waals surface area contributed by atoms with Crippen LogP contribution in [0.3, 0.4) is 0 Å². The Morgan fingerprint density at radius 3 is 2.43 bits per heavy atom. The molecular weight excluding hydrogens is 485 g/mol. The second-order valence-electron chi connectivity index (χ2n) is 8.32. The van der Waals surface area contributed by atoms with Gasteiger partial charge in [-0.2, -0.15) is 17.6 Å². The number of fused-ring (bicyclic) bond motifs is 1. The molecule has 2 aromatic rings. The topological polar surface area (TPSA) is 79.2 Å². The van der Waals surface area contributed by atoms with Crippen LogP contribution in [0.1, 0.15) is 28.8 Å². The fraction of sp³-hybridized carbons (Fsp3) is 0.435. The molecule has 2 aliphatic rings. The van der Waals surface area contributed by atoms with Crippen molar-refractivity contribution < 1.29 is 27.6 Å². The number of hydrazine groups is 1. The van der Waals surface area contributed by atoms with Gasteiger partial charge in [0.2, 0.25) is 0 Å². The van der Waals surface area contributed by atoms with Crippen molar-refractivity contribution in [3.05, 3.63) is 63.7 Å². The number of carbonyl (C=O) groups is 1. The summed E-state index contributed by atoms with van der Waals surface area (Å²) in [4.78, 5) is 25.5. The van der Waals surface area contributed by atoms with Crippen LogP contribution in [0.15, 0.2) is 47.4 Å². The Balaban J connectivity index is 1.29. The number of para-hydroxylation sites is 1. The van der Waals surface area contributed by atoms with Gasteiger partial charge in [-0.05, 0) is 49.5 Å². The minimum Gasteiger partial charge on any atom is -0.494 e. The summed E-state index contributed by atoms with van der Waals surface area (Å²) in [6.07, 6.45) is -2.87. The summed E-state index contributed by atoms with van der Waals surface area (Å²) in [6.45, 7) is 4.17. The molecule has 1 fully saturated rings. The van der Waals surface area contributed by atoms with Crippen molar-refractivity contribution in [3.63, 3.8) is 0 Å². The predicted molar refractivity (Wildman–Crippen MR) is 124 cm³/mol. The van der Waals surface area contributed by atoms with Crippen molar-refractivity contribution in [2.75, 3.05) is 45.9 Å². The van der Waals surface area contributed by atoms with Gasteiger partial charge in [-0.25, -0.2) is 5.01 Å². The number of nitro groups is 1. The third-order valence-electron chi connectivity index (χ3n) is 5.91. The van der Waals surface area contributed by atoms with E-state index in [1.54, 1.807) is 4.41 Å². The van der Waals surface area contributed by atoms with E-state index in [2.05, 4.69) is 4.90 Å². The number of hydrogen-bond acceptors (Lipinski definition) is 8. The van der Waals surface area contributed by atoms with E-state index in [-0.39, 0.29) is 17.0 Å². The molecule has 0 saturated carbocycles. The summed E-state index contributed by atoms with van der Waals surface area (Å²) < 4.78 is 46.9. The van der Waals surface area contributed by atoms with E-state index in [1.165, 1.54) is 0 Å². The van der Waals surface area contributed by atoms with Crippen LogP contribution in [-0.4, -0.2) is 70.9 Å². The predicted octanol–water partition coefficient (Wildman–Crippen LogP) is 4.51. The third-order valence-corrected chi connectivity index (χ3v) is 7.10. The van der Waals surface area contributed by atoms with Crippen LogP contribution in [0.2, 0.25) is 0 Å². The molecule has 12 heteroatoms. The zero-order chi connectivity index (χ0) is 25.0. The number of unbranched alkanes of at least 4 members (excludes halogenated alkanes) is 1. The molecule has 0 bridgehead atoms. The molecule has 8 nitrogen and oxygen atoms in total. The first kappa shape index (κ1) is 25.4. The molecule has 4 rings (SSSR count). The molecule has 0 N–H and O–H groups in total.